The summed E-state index contributed by atoms with van der Waals surface area (Å²) >= 11 is 3.40. The molecule has 0 N–H and O–H groups in total. The van der Waals surface area contributed by atoms with Crippen LogP contribution in [0.3, 0.4) is 0 Å². The zero-order chi connectivity index (χ0) is 13.8. The third-order valence-corrected chi connectivity index (χ3v) is 3.33. The molecule has 0 aliphatic rings. The minimum atomic E-state index is 0.569. The molecular formula is C15H13BrO3. The van der Waals surface area contributed by atoms with E-state index in [9.17, 15) is 4.79 Å². The number of carbonyl (C=O) groups is 1. The van der Waals surface area contributed by atoms with E-state index in [1.54, 1.807) is 20.3 Å². The number of ether oxygens (including phenoxy) is 2. The number of carbonyl (C=O) groups excluding carboxylic acids is 1. The SMILES string of the molecule is COc1ccc(-c2ccc(Br)cc2OC)c(C=O)c1. The highest BCUT2D eigenvalue weighted by Gasteiger charge is 2.11. The first-order chi connectivity index (χ1) is 9.19. The van der Waals surface area contributed by atoms with Crippen molar-refractivity contribution in [1.82, 2.24) is 0 Å². The van der Waals surface area contributed by atoms with Crippen molar-refractivity contribution in [2.75, 3.05) is 14.2 Å². The number of rotatable bonds is 4. The van der Waals surface area contributed by atoms with Crippen molar-refractivity contribution in [2.24, 2.45) is 0 Å². The first kappa shape index (κ1) is 13.6. The number of hydrogen-bond acceptors (Lipinski definition) is 3. The number of hydrogen-bond donors (Lipinski definition) is 0. The quantitative estimate of drug-likeness (QED) is 0.800. The van der Waals surface area contributed by atoms with Gasteiger partial charge in [-0.3, -0.25) is 4.79 Å². The maximum absolute atomic E-state index is 11.2. The van der Waals surface area contributed by atoms with E-state index in [2.05, 4.69) is 15.9 Å². The van der Waals surface area contributed by atoms with E-state index < -0.39 is 0 Å². The molecule has 0 saturated carbocycles. The molecular weight excluding hydrogens is 308 g/mol. The lowest BCUT2D eigenvalue weighted by Gasteiger charge is -2.12. The molecule has 0 atom stereocenters. The van der Waals surface area contributed by atoms with Crippen LogP contribution in [0.15, 0.2) is 40.9 Å². The first-order valence-corrected chi connectivity index (χ1v) is 6.46. The molecule has 0 aliphatic heterocycles. The van der Waals surface area contributed by atoms with Gasteiger partial charge in [0.1, 0.15) is 11.5 Å². The lowest BCUT2D eigenvalue weighted by Crippen LogP contribution is -1.93. The molecule has 0 fully saturated rings. The van der Waals surface area contributed by atoms with Crippen LogP contribution in [0.25, 0.3) is 11.1 Å². The molecule has 0 spiro atoms. The minimum Gasteiger partial charge on any atom is -0.497 e. The third kappa shape index (κ3) is 2.79. The van der Waals surface area contributed by atoms with E-state index in [1.165, 1.54) is 0 Å². The zero-order valence-corrected chi connectivity index (χ0v) is 12.2. The largest absolute Gasteiger partial charge is 0.497 e. The Labute approximate surface area is 120 Å². The van der Waals surface area contributed by atoms with Gasteiger partial charge in [-0.05, 0) is 42.0 Å². The summed E-state index contributed by atoms with van der Waals surface area (Å²) in [6.45, 7) is 0. The summed E-state index contributed by atoms with van der Waals surface area (Å²) < 4.78 is 11.4. The Bertz CT molecular complexity index is 608. The van der Waals surface area contributed by atoms with Crippen LogP contribution in [0.1, 0.15) is 10.4 Å². The van der Waals surface area contributed by atoms with Crippen LogP contribution < -0.4 is 9.47 Å². The van der Waals surface area contributed by atoms with Gasteiger partial charge < -0.3 is 9.47 Å². The van der Waals surface area contributed by atoms with Crippen LogP contribution in [-0.2, 0) is 0 Å². The van der Waals surface area contributed by atoms with Gasteiger partial charge >= 0.3 is 0 Å². The molecule has 0 unspecified atom stereocenters. The van der Waals surface area contributed by atoms with Crippen molar-refractivity contribution in [1.29, 1.82) is 0 Å². The van der Waals surface area contributed by atoms with E-state index in [-0.39, 0.29) is 0 Å². The molecule has 3 nitrogen and oxygen atoms in total. The van der Waals surface area contributed by atoms with Gasteiger partial charge in [0.05, 0.1) is 14.2 Å². The minimum absolute atomic E-state index is 0.569. The average molecular weight is 321 g/mol. The summed E-state index contributed by atoms with van der Waals surface area (Å²) in [6.07, 6.45) is 0.819. The Morgan fingerprint density at radius 1 is 1.00 bits per heavy atom. The molecule has 0 heterocycles. The Morgan fingerprint density at radius 2 is 1.74 bits per heavy atom. The molecule has 0 aliphatic carbocycles. The summed E-state index contributed by atoms with van der Waals surface area (Å²) in [6, 6.07) is 11.1. The predicted octanol–water partition coefficient (Wildman–Crippen LogP) is 3.95. The van der Waals surface area contributed by atoms with Crippen LogP contribution in [0.2, 0.25) is 0 Å². The fraction of sp³-hybridized carbons (Fsp3) is 0.133. The van der Waals surface area contributed by atoms with Crippen molar-refractivity contribution in [3.63, 3.8) is 0 Å². The standard InChI is InChI=1S/C15H13BrO3/c1-18-12-4-6-13(10(7-12)9-17)14-5-3-11(16)8-15(14)19-2/h3-9H,1-2H3. The van der Waals surface area contributed by atoms with Gasteiger partial charge in [0.25, 0.3) is 0 Å². The molecule has 98 valence electrons. The lowest BCUT2D eigenvalue weighted by molar-refractivity contribution is 0.112. The van der Waals surface area contributed by atoms with Crippen LogP contribution >= 0.6 is 15.9 Å². The van der Waals surface area contributed by atoms with Gasteiger partial charge in [0, 0.05) is 15.6 Å². The van der Waals surface area contributed by atoms with Gasteiger partial charge in [0.15, 0.2) is 6.29 Å². The molecule has 19 heavy (non-hydrogen) atoms. The molecule has 4 heteroatoms. The molecule has 2 aromatic carbocycles. The summed E-state index contributed by atoms with van der Waals surface area (Å²) in [4.78, 5) is 11.2. The van der Waals surface area contributed by atoms with Gasteiger partial charge in [-0.25, -0.2) is 0 Å². The second-order valence-electron chi connectivity index (χ2n) is 3.92. The Morgan fingerprint density at radius 3 is 2.37 bits per heavy atom. The normalized spacial score (nSPS) is 10.1. The van der Waals surface area contributed by atoms with E-state index in [4.69, 9.17) is 9.47 Å². The van der Waals surface area contributed by atoms with Crippen molar-refractivity contribution < 1.29 is 14.3 Å². The van der Waals surface area contributed by atoms with Gasteiger partial charge in [-0.15, -0.1) is 0 Å². The Hall–Kier alpha value is -1.81. The monoisotopic (exact) mass is 320 g/mol. The Kier molecular flexibility index (Phi) is 4.22. The van der Waals surface area contributed by atoms with Crippen LogP contribution in [0, 0.1) is 0 Å². The highest BCUT2D eigenvalue weighted by molar-refractivity contribution is 9.10. The van der Waals surface area contributed by atoms with E-state index in [1.807, 2.05) is 30.3 Å². The van der Waals surface area contributed by atoms with Gasteiger partial charge in [-0.2, -0.15) is 0 Å². The molecule has 0 aromatic heterocycles. The number of benzene rings is 2. The predicted molar refractivity (Wildman–Crippen MR) is 78.1 cm³/mol. The maximum Gasteiger partial charge on any atom is 0.150 e. The highest BCUT2D eigenvalue weighted by atomic mass is 79.9. The number of aldehydes is 1. The highest BCUT2D eigenvalue weighted by Crippen LogP contribution is 2.35. The molecule has 2 aromatic rings. The number of methoxy groups -OCH3 is 2. The van der Waals surface area contributed by atoms with Gasteiger partial charge in [-0.1, -0.05) is 15.9 Å². The van der Waals surface area contributed by atoms with E-state index in [0.717, 1.165) is 21.9 Å². The van der Waals surface area contributed by atoms with Crippen molar-refractivity contribution in [3.8, 4) is 22.6 Å². The van der Waals surface area contributed by atoms with Crippen molar-refractivity contribution in [3.05, 3.63) is 46.4 Å². The first-order valence-electron chi connectivity index (χ1n) is 5.66. The van der Waals surface area contributed by atoms with Crippen molar-refractivity contribution in [2.45, 2.75) is 0 Å². The van der Waals surface area contributed by atoms with Crippen LogP contribution in [-0.4, -0.2) is 20.5 Å². The van der Waals surface area contributed by atoms with Crippen LogP contribution in [0.4, 0.5) is 0 Å². The zero-order valence-electron chi connectivity index (χ0n) is 10.6. The summed E-state index contributed by atoms with van der Waals surface area (Å²) in [5.74, 6) is 1.37. The molecule has 2 rings (SSSR count). The van der Waals surface area contributed by atoms with Gasteiger partial charge in [0.2, 0.25) is 0 Å². The molecule has 0 saturated heterocycles. The summed E-state index contributed by atoms with van der Waals surface area (Å²) in [5.41, 5.74) is 2.26. The lowest BCUT2D eigenvalue weighted by atomic mass is 9.99. The molecule has 0 radical (unpaired) electrons. The fourth-order valence-electron chi connectivity index (χ4n) is 1.90. The summed E-state index contributed by atoms with van der Waals surface area (Å²) in [7, 11) is 3.18. The molecule has 0 bridgehead atoms. The average Bonchev–Trinajstić information content (AvgIpc) is 2.46. The molecule has 0 amide bonds. The fourth-order valence-corrected chi connectivity index (χ4v) is 2.24. The third-order valence-electron chi connectivity index (χ3n) is 2.84. The van der Waals surface area contributed by atoms with E-state index in [0.29, 0.717) is 17.1 Å². The second kappa shape index (κ2) is 5.89. The number of halogens is 1. The second-order valence-corrected chi connectivity index (χ2v) is 4.83. The van der Waals surface area contributed by atoms with E-state index >= 15 is 0 Å². The maximum atomic E-state index is 11.2. The smallest absolute Gasteiger partial charge is 0.150 e. The van der Waals surface area contributed by atoms with Crippen LogP contribution in [0.5, 0.6) is 11.5 Å². The van der Waals surface area contributed by atoms with Crippen molar-refractivity contribution >= 4 is 22.2 Å². The topological polar surface area (TPSA) is 35.5 Å². The Balaban J connectivity index is 2.61. The summed E-state index contributed by atoms with van der Waals surface area (Å²) in [5, 5.41) is 0.